The summed E-state index contributed by atoms with van der Waals surface area (Å²) in [6.07, 6.45) is 16.1. The Balaban J connectivity index is 1.59. The van der Waals surface area contributed by atoms with Crippen LogP contribution < -0.4 is 0 Å². The monoisotopic (exact) mass is 300 g/mol. The highest BCUT2D eigenvalue weighted by Crippen LogP contribution is 2.21. The predicted octanol–water partition coefficient (Wildman–Crippen LogP) is 5.82. The highest BCUT2D eigenvalue weighted by Gasteiger charge is 2.15. The van der Waals surface area contributed by atoms with Crippen LogP contribution in [-0.2, 0) is 24.1 Å². The summed E-state index contributed by atoms with van der Waals surface area (Å²) in [6, 6.07) is 6.78. The van der Waals surface area contributed by atoms with Crippen molar-refractivity contribution in [2.24, 2.45) is 0 Å². The summed E-state index contributed by atoms with van der Waals surface area (Å²) >= 11 is 0. The molecule has 122 valence electrons. The third-order valence-electron chi connectivity index (χ3n) is 4.90. The van der Waals surface area contributed by atoms with Gasteiger partial charge in [-0.3, -0.25) is 4.79 Å². The molecule has 0 saturated heterocycles. The summed E-state index contributed by atoms with van der Waals surface area (Å²) < 4.78 is 0. The van der Waals surface area contributed by atoms with Gasteiger partial charge in [0, 0.05) is 12.8 Å². The zero-order valence-electron chi connectivity index (χ0n) is 14.3. The van der Waals surface area contributed by atoms with Gasteiger partial charge in [0.2, 0.25) is 0 Å². The molecule has 1 aliphatic carbocycles. The van der Waals surface area contributed by atoms with Crippen LogP contribution in [0.1, 0.15) is 87.8 Å². The highest BCUT2D eigenvalue weighted by atomic mass is 16.1. The first-order valence-electron chi connectivity index (χ1n) is 9.42. The first-order chi connectivity index (χ1) is 10.8. The minimum Gasteiger partial charge on any atom is -0.299 e. The van der Waals surface area contributed by atoms with E-state index < -0.39 is 0 Å². The molecule has 0 aliphatic heterocycles. The van der Waals surface area contributed by atoms with E-state index in [1.807, 2.05) is 0 Å². The van der Waals surface area contributed by atoms with Gasteiger partial charge in [-0.1, -0.05) is 76.5 Å². The molecule has 0 bridgehead atoms. The average Bonchev–Trinajstić information content (AvgIpc) is 2.53. The fourth-order valence-electron chi connectivity index (χ4n) is 3.45. The smallest absolute Gasteiger partial charge is 0.137 e. The second-order valence-electron chi connectivity index (χ2n) is 6.90. The molecule has 1 aromatic carbocycles. The fraction of sp³-hybridized carbons (Fsp3) is 0.667. The lowest BCUT2D eigenvalue weighted by molar-refractivity contribution is -0.118. The number of benzene rings is 1. The molecule has 22 heavy (non-hydrogen) atoms. The summed E-state index contributed by atoms with van der Waals surface area (Å²) in [7, 11) is 0. The first kappa shape index (κ1) is 17.2. The number of carbonyl (C=O) groups excluding carboxylic acids is 1. The van der Waals surface area contributed by atoms with Crippen LogP contribution in [0.5, 0.6) is 0 Å². The molecule has 1 aliphatic rings. The zero-order valence-corrected chi connectivity index (χ0v) is 14.3. The van der Waals surface area contributed by atoms with Crippen LogP contribution in [0.4, 0.5) is 0 Å². The molecular weight excluding hydrogens is 268 g/mol. The molecule has 1 aromatic rings. The molecule has 0 unspecified atom stereocenters. The number of ketones is 1. The van der Waals surface area contributed by atoms with Gasteiger partial charge in [-0.15, -0.1) is 0 Å². The maximum atomic E-state index is 11.5. The molecule has 0 atom stereocenters. The van der Waals surface area contributed by atoms with Crippen LogP contribution in [0, 0.1) is 0 Å². The second kappa shape index (κ2) is 9.82. The van der Waals surface area contributed by atoms with Gasteiger partial charge >= 0.3 is 0 Å². The Bertz CT molecular complexity index is 461. The van der Waals surface area contributed by atoms with Gasteiger partial charge in [-0.2, -0.15) is 0 Å². The lowest BCUT2D eigenvalue weighted by Gasteiger charge is -2.16. The number of hydrogen-bond acceptors (Lipinski definition) is 1. The average molecular weight is 300 g/mol. The van der Waals surface area contributed by atoms with Crippen LogP contribution in [0.3, 0.4) is 0 Å². The van der Waals surface area contributed by atoms with Gasteiger partial charge in [0.1, 0.15) is 5.78 Å². The van der Waals surface area contributed by atoms with Crippen molar-refractivity contribution in [3.63, 3.8) is 0 Å². The van der Waals surface area contributed by atoms with E-state index in [1.165, 1.54) is 80.9 Å². The van der Waals surface area contributed by atoms with Crippen molar-refractivity contribution in [1.82, 2.24) is 0 Å². The number of fused-ring (bicyclic) bond motifs is 1. The van der Waals surface area contributed by atoms with E-state index in [1.54, 1.807) is 0 Å². The van der Waals surface area contributed by atoms with Gasteiger partial charge in [0.15, 0.2) is 0 Å². The molecule has 0 heterocycles. The Morgan fingerprint density at radius 1 is 0.818 bits per heavy atom. The molecule has 0 N–H and O–H groups in total. The molecule has 0 saturated carbocycles. The summed E-state index contributed by atoms with van der Waals surface area (Å²) in [6.45, 7) is 2.28. The summed E-state index contributed by atoms with van der Waals surface area (Å²) in [4.78, 5) is 11.5. The zero-order chi connectivity index (χ0) is 15.6. The van der Waals surface area contributed by atoms with E-state index >= 15 is 0 Å². The van der Waals surface area contributed by atoms with Gasteiger partial charge < -0.3 is 0 Å². The third-order valence-corrected chi connectivity index (χ3v) is 4.90. The fourth-order valence-corrected chi connectivity index (χ4v) is 3.45. The van der Waals surface area contributed by atoms with Crippen molar-refractivity contribution in [1.29, 1.82) is 0 Å². The highest BCUT2D eigenvalue weighted by molar-refractivity contribution is 5.83. The number of unbranched alkanes of at least 4 members (excludes halogenated alkanes) is 8. The maximum absolute atomic E-state index is 11.5. The van der Waals surface area contributed by atoms with Crippen molar-refractivity contribution in [3.8, 4) is 0 Å². The number of hydrogen-bond donors (Lipinski definition) is 0. The van der Waals surface area contributed by atoms with Crippen LogP contribution in [0.2, 0.25) is 0 Å². The molecule has 0 amide bonds. The van der Waals surface area contributed by atoms with E-state index in [-0.39, 0.29) is 0 Å². The standard InChI is InChI=1S/C21H32O/c1-2-3-4-5-6-7-8-9-10-11-18-12-13-20-17-21(22)15-14-19(20)16-18/h12-13,16H,2-11,14-15,17H2,1H3. The molecular formula is C21H32O. The van der Waals surface area contributed by atoms with Crippen molar-refractivity contribution >= 4 is 5.78 Å². The topological polar surface area (TPSA) is 17.1 Å². The molecule has 0 spiro atoms. The molecule has 1 nitrogen and oxygen atoms in total. The Hall–Kier alpha value is -1.11. The lowest BCUT2D eigenvalue weighted by atomic mass is 9.89. The van der Waals surface area contributed by atoms with Gasteiger partial charge in [-0.25, -0.2) is 0 Å². The summed E-state index contributed by atoms with van der Waals surface area (Å²) in [5, 5.41) is 0. The van der Waals surface area contributed by atoms with Crippen LogP contribution >= 0.6 is 0 Å². The van der Waals surface area contributed by atoms with Gasteiger partial charge in [0.05, 0.1) is 0 Å². The Morgan fingerprint density at radius 2 is 1.50 bits per heavy atom. The van der Waals surface area contributed by atoms with E-state index in [4.69, 9.17) is 0 Å². The summed E-state index contributed by atoms with van der Waals surface area (Å²) in [5.41, 5.74) is 4.16. The van der Waals surface area contributed by atoms with Gasteiger partial charge in [-0.05, 0) is 36.0 Å². The quantitative estimate of drug-likeness (QED) is 0.498. The van der Waals surface area contributed by atoms with E-state index in [0.29, 0.717) is 12.2 Å². The van der Waals surface area contributed by atoms with Crippen molar-refractivity contribution in [2.45, 2.75) is 90.4 Å². The summed E-state index contributed by atoms with van der Waals surface area (Å²) in [5.74, 6) is 0.402. The van der Waals surface area contributed by atoms with Crippen molar-refractivity contribution in [2.75, 3.05) is 0 Å². The largest absolute Gasteiger partial charge is 0.299 e. The predicted molar refractivity (Wildman–Crippen MR) is 94.4 cm³/mol. The van der Waals surface area contributed by atoms with E-state index in [9.17, 15) is 4.79 Å². The van der Waals surface area contributed by atoms with Crippen LogP contribution in [0.15, 0.2) is 18.2 Å². The molecule has 1 heteroatoms. The first-order valence-corrected chi connectivity index (χ1v) is 9.42. The van der Waals surface area contributed by atoms with E-state index in [0.717, 1.165) is 12.8 Å². The van der Waals surface area contributed by atoms with Crippen molar-refractivity contribution in [3.05, 3.63) is 34.9 Å². The number of Topliss-reactive ketones (excluding diaryl/α,β-unsaturated/α-hetero) is 1. The lowest BCUT2D eigenvalue weighted by Crippen LogP contribution is -2.13. The van der Waals surface area contributed by atoms with Crippen molar-refractivity contribution < 1.29 is 4.79 Å². The number of carbonyl (C=O) groups is 1. The maximum Gasteiger partial charge on any atom is 0.137 e. The number of aryl methyl sites for hydroxylation is 2. The van der Waals surface area contributed by atoms with Crippen LogP contribution in [-0.4, -0.2) is 5.78 Å². The molecule has 2 rings (SSSR count). The minimum atomic E-state index is 0.402. The normalized spacial score (nSPS) is 14.1. The van der Waals surface area contributed by atoms with E-state index in [2.05, 4.69) is 25.1 Å². The Morgan fingerprint density at radius 3 is 2.23 bits per heavy atom. The molecule has 0 aromatic heterocycles. The molecule has 0 fully saturated rings. The Labute approximate surface area is 136 Å². The number of rotatable bonds is 10. The second-order valence-corrected chi connectivity index (χ2v) is 6.90. The minimum absolute atomic E-state index is 0.402. The molecule has 0 radical (unpaired) electrons. The third kappa shape index (κ3) is 5.94. The SMILES string of the molecule is CCCCCCCCCCCc1ccc2c(c1)CCC(=O)C2. The van der Waals surface area contributed by atoms with Crippen LogP contribution in [0.25, 0.3) is 0 Å². The van der Waals surface area contributed by atoms with Gasteiger partial charge in [0.25, 0.3) is 0 Å². The Kier molecular flexibility index (Phi) is 7.70.